The molecule has 1 heterocycles. The first-order valence-corrected chi connectivity index (χ1v) is 7.85. The van der Waals surface area contributed by atoms with Crippen LogP contribution in [0.4, 0.5) is 0 Å². The second-order valence-corrected chi connectivity index (χ2v) is 5.70. The van der Waals surface area contributed by atoms with Crippen molar-refractivity contribution in [2.24, 2.45) is 0 Å². The summed E-state index contributed by atoms with van der Waals surface area (Å²) < 4.78 is 15.5. The van der Waals surface area contributed by atoms with Crippen LogP contribution in [-0.4, -0.2) is 37.6 Å². The van der Waals surface area contributed by atoms with Gasteiger partial charge in [-0.2, -0.15) is 0 Å². The molecule has 130 valence electrons. The van der Waals surface area contributed by atoms with Gasteiger partial charge in [0.2, 0.25) is 0 Å². The Kier molecular flexibility index (Phi) is 4.88. The fourth-order valence-corrected chi connectivity index (χ4v) is 2.71. The van der Waals surface area contributed by atoms with Gasteiger partial charge in [-0.1, -0.05) is 12.1 Å². The summed E-state index contributed by atoms with van der Waals surface area (Å²) in [5.74, 6) is 0.854. The average molecular weight is 341 g/mol. The maximum absolute atomic E-state index is 12.4. The van der Waals surface area contributed by atoms with E-state index in [1.165, 1.54) is 7.11 Å². The molecule has 1 aliphatic rings. The van der Waals surface area contributed by atoms with Crippen LogP contribution in [0, 0.1) is 0 Å². The molecule has 6 heteroatoms. The first-order chi connectivity index (χ1) is 12.1. The van der Waals surface area contributed by atoms with Crippen LogP contribution >= 0.6 is 0 Å². The largest absolute Gasteiger partial charge is 0.497 e. The number of methoxy groups -OCH3 is 2. The fraction of sp³-hybridized carbons (Fsp3) is 0.263. The number of esters is 1. The molecule has 0 radical (unpaired) electrons. The molecule has 0 saturated carbocycles. The summed E-state index contributed by atoms with van der Waals surface area (Å²) in [5.41, 5.74) is 2.20. The van der Waals surface area contributed by atoms with E-state index in [0.29, 0.717) is 24.4 Å². The van der Waals surface area contributed by atoms with E-state index in [9.17, 15) is 9.59 Å². The van der Waals surface area contributed by atoms with Crippen molar-refractivity contribution in [3.05, 3.63) is 59.2 Å². The zero-order valence-electron chi connectivity index (χ0n) is 14.2. The summed E-state index contributed by atoms with van der Waals surface area (Å²) >= 11 is 0. The van der Waals surface area contributed by atoms with Crippen molar-refractivity contribution in [3.63, 3.8) is 0 Å². The second kappa shape index (κ2) is 7.25. The van der Waals surface area contributed by atoms with Gasteiger partial charge in [0.15, 0.2) is 6.61 Å². The number of amides is 1. The van der Waals surface area contributed by atoms with Gasteiger partial charge in [0.25, 0.3) is 5.91 Å². The summed E-state index contributed by atoms with van der Waals surface area (Å²) in [4.78, 5) is 25.8. The number of nitrogens with zero attached hydrogens (tertiary/aromatic N) is 1. The minimum Gasteiger partial charge on any atom is -0.497 e. The predicted octanol–water partition coefficient (Wildman–Crippen LogP) is 2.40. The molecular formula is C19H19NO5. The smallest absolute Gasteiger partial charge is 0.337 e. The van der Waals surface area contributed by atoms with Crippen LogP contribution in [-0.2, 0) is 22.6 Å². The van der Waals surface area contributed by atoms with E-state index < -0.39 is 5.97 Å². The van der Waals surface area contributed by atoms with Gasteiger partial charge in [0, 0.05) is 18.7 Å². The third-order valence-electron chi connectivity index (χ3n) is 4.08. The number of fused-ring (bicyclic) bond motifs is 1. The summed E-state index contributed by atoms with van der Waals surface area (Å²) in [6.45, 7) is 0.792. The second-order valence-electron chi connectivity index (χ2n) is 5.70. The Bertz CT molecular complexity index is 785. The van der Waals surface area contributed by atoms with Crippen LogP contribution < -0.4 is 9.47 Å². The molecule has 0 saturated heterocycles. The van der Waals surface area contributed by atoms with E-state index >= 15 is 0 Å². The molecule has 0 atom stereocenters. The van der Waals surface area contributed by atoms with Crippen LogP contribution in [0.15, 0.2) is 42.5 Å². The van der Waals surface area contributed by atoms with Crippen molar-refractivity contribution < 1.29 is 23.8 Å². The fourth-order valence-electron chi connectivity index (χ4n) is 2.71. The first-order valence-electron chi connectivity index (χ1n) is 7.85. The van der Waals surface area contributed by atoms with Crippen LogP contribution in [0.25, 0.3) is 0 Å². The standard InChI is InChI=1S/C19H19NO5/c1-23-16-6-3-13(4-7-16)10-20-11-15-9-14(19(22)24-2)5-8-17(15)25-12-18(20)21/h3-9H,10-12H2,1-2H3. The number of carbonyl (C=O) groups excluding carboxylic acids is 2. The summed E-state index contributed by atoms with van der Waals surface area (Å²) in [6, 6.07) is 12.6. The minimum atomic E-state index is -0.417. The number of carbonyl (C=O) groups is 2. The van der Waals surface area contributed by atoms with Gasteiger partial charge in [-0.25, -0.2) is 4.79 Å². The summed E-state index contributed by atoms with van der Waals surface area (Å²) in [7, 11) is 2.95. The van der Waals surface area contributed by atoms with E-state index in [2.05, 4.69) is 0 Å². The zero-order valence-corrected chi connectivity index (χ0v) is 14.2. The van der Waals surface area contributed by atoms with Crippen LogP contribution in [0.2, 0.25) is 0 Å². The monoisotopic (exact) mass is 341 g/mol. The van der Waals surface area contributed by atoms with Crippen molar-refractivity contribution in [3.8, 4) is 11.5 Å². The summed E-state index contributed by atoms with van der Waals surface area (Å²) in [6.07, 6.45) is 0. The van der Waals surface area contributed by atoms with Gasteiger partial charge in [-0.05, 0) is 35.9 Å². The first kappa shape index (κ1) is 16.8. The van der Waals surface area contributed by atoms with Crippen LogP contribution in [0.1, 0.15) is 21.5 Å². The molecule has 3 rings (SSSR count). The van der Waals surface area contributed by atoms with Crippen molar-refractivity contribution in [2.75, 3.05) is 20.8 Å². The van der Waals surface area contributed by atoms with Gasteiger partial charge < -0.3 is 19.1 Å². The third-order valence-corrected chi connectivity index (χ3v) is 4.08. The molecule has 0 unspecified atom stereocenters. The minimum absolute atomic E-state index is 0.0271. The van der Waals surface area contributed by atoms with Gasteiger partial charge in [-0.3, -0.25) is 4.79 Å². The lowest BCUT2D eigenvalue weighted by Gasteiger charge is -2.20. The highest BCUT2D eigenvalue weighted by Crippen LogP contribution is 2.26. The molecule has 2 aromatic rings. The highest BCUT2D eigenvalue weighted by Gasteiger charge is 2.23. The molecule has 1 amide bonds. The van der Waals surface area contributed by atoms with Crippen molar-refractivity contribution in [2.45, 2.75) is 13.1 Å². The van der Waals surface area contributed by atoms with Gasteiger partial charge in [0.05, 0.1) is 19.8 Å². The van der Waals surface area contributed by atoms with Crippen molar-refractivity contribution >= 4 is 11.9 Å². The number of ether oxygens (including phenoxy) is 3. The van der Waals surface area contributed by atoms with Gasteiger partial charge in [0.1, 0.15) is 11.5 Å². The van der Waals surface area contributed by atoms with E-state index in [4.69, 9.17) is 14.2 Å². The number of hydrogen-bond donors (Lipinski definition) is 0. The number of benzene rings is 2. The molecule has 1 aliphatic heterocycles. The highest BCUT2D eigenvalue weighted by atomic mass is 16.5. The average Bonchev–Trinajstić information content (AvgIpc) is 2.80. The molecule has 0 N–H and O–H groups in total. The lowest BCUT2D eigenvalue weighted by Crippen LogP contribution is -2.31. The predicted molar refractivity (Wildman–Crippen MR) is 90.5 cm³/mol. The number of rotatable bonds is 4. The molecule has 6 nitrogen and oxygen atoms in total. The van der Waals surface area contributed by atoms with Crippen molar-refractivity contribution in [1.82, 2.24) is 4.90 Å². The quantitative estimate of drug-likeness (QED) is 0.799. The molecule has 2 aromatic carbocycles. The molecule has 0 spiro atoms. The molecule has 0 fully saturated rings. The Morgan fingerprint density at radius 3 is 2.60 bits per heavy atom. The topological polar surface area (TPSA) is 65.1 Å². The Balaban J connectivity index is 1.83. The van der Waals surface area contributed by atoms with Crippen LogP contribution in [0.3, 0.4) is 0 Å². The maximum Gasteiger partial charge on any atom is 0.337 e. The SMILES string of the molecule is COC(=O)c1ccc2c(c1)CN(Cc1ccc(OC)cc1)C(=O)CO2. The molecular weight excluding hydrogens is 322 g/mol. The van der Waals surface area contributed by atoms with E-state index in [-0.39, 0.29) is 12.5 Å². The van der Waals surface area contributed by atoms with Crippen molar-refractivity contribution in [1.29, 1.82) is 0 Å². The van der Waals surface area contributed by atoms with Gasteiger partial charge >= 0.3 is 5.97 Å². The number of hydrogen-bond acceptors (Lipinski definition) is 5. The molecule has 0 bridgehead atoms. The molecule has 0 aliphatic carbocycles. The van der Waals surface area contributed by atoms with E-state index in [1.807, 2.05) is 24.3 Å². The Hall–Kier alpha value is -3.02. The Labute approximate surface area is 145 Å². The van der Waals surface area contributed by atoms with E-state index in [1.54, 1.807) is 30.2 Å². The van der Waals surface area contributed by atoms with E-state index in [0.717, 1.165) is 16.9 Å². The summed E-state index contributed by atoms with van der Waals surface area (Å²) in [5, 5.41) is 0. The molecule has 0 aromatic heterocycles. The highest BCUT2D eigenvalue weighted by molar-refractivity contribution is 5.90. The molecule has 25 heavy (non-hydrogen) atoms. The Morgan fingerprint density at radius 2 is 1.92 bits per heavy atom. The third kappa shape index (κ3) is 3.74. The van der Waals surface area contributed by atoms with Crippen LogP contribution in [0.5, 0.6) is 11.5 Å². The van der Waals surface area contributed by atoms with Gasteiger partial charge in [-0.15, -0.1) is 0 Å². The maximum atomic E-state index is 12.4. The Morgan fingerprint density at radius 1 is 1.16 bits per heavy atom. The lowest BCUT2D eigenvalue weighted by molar-refractivity contribution is -0.133. The zero-order chi connectivity index (χ0) is 17.8. The normalized spacial score (nSPS) is 13.5. The lowest BCUT2D eigenvalue weighted by atomic mass is 10.1.